The lowest BCUT2D eigenvalue weighted by molar-refractivity contribution is -0.284. The van der Waals surface area contributed by atoms with Gasteiger partial charge in [-0.15, -0.1) is 6.58 Å². The topological polar surface area (TPSA) is 49.9 Å². The minimum Gasteiger partial charge on any atom is -0.296 e. The van der Waals surface area contributed by atoms with Gasteiger partial charge in [-0.3, -0.25) is 4.84 Å². The molecule has 0 N–H and O–H groups in total. The van der Waals surface area contributed by atoms with E-state index < -0.39 is 10.0 Å². The summed E-state index contributed by atoms with van der Waals surface area (Å²) < 4.78 is 30.3. The summed E-state index contributed by atoms with van der Waals surface area (Å²) in [4.78, 5) is 6.94. The maximum atomic E-state index is 14.3. The number of hydrogen-bond donors (Lipinski definition) is 0. The van der Waals surface area contributed by atoms with Crippen molar-refractivity contribution in [2.24, 2.45) is 5.92 Å². The minimum absolute atomic E-state index is 0.0901. The van der Waals surface area contributed by atoms with Gasteiger partial charge in [0.1, 0.15) is 0 Å². The van der Waals surface area contributed by atoms with Crippen LogP contribution in [0.3, 0.4) is 0 Å². The number of benzene rings is 1. The second-order valence-corrected chi connectivity index (χ2v) is 16.6. The third kappa shape index (κ3) is 6.69. The third-order valence-corrected chi connectivity index (χ3v) is 10.2. The Hall–Kier alpha value is -1.21. The number of sulfonamides is 1. The van der Waals surface area contributed by atoms with E-state index >= 15 is 0 Å². The number of piperidine rings is 1. The maximum Gasteiger partial charge on any atom is 0.243 e. The molecule has 2 fully saturated rings. The van der Waals surface area contributed by atoms with Crippen LogP contribution in [-0.4, -0.2) is 48.1 Å². The van der Waals surface area contributed by atoms with Crippen molar-refractivity contribution in [2.75, 3.05) is 13.2 Å². The van der Waals surface area contributed by atoms with Gasteiger partial charge in [-0.25, -0.2) is 8.42 Å². The molecule has 37 heavy (non-hydrogen) atoms. The van der Waals surface area contributed by atoms with Gasteiger partial charge in [0.25, 0.3) is 0 Å². The molecule has 2 aliphatic rings. The molecule has 1 aromatic carbocycles. The van der Waals surface area contributed by atoms with E-state index in [2.05, 4.69) is 86.9 Å². The molecule has 0 amide bonds. The first kappa shape index (κ1) is 30.3. The van der Waals surface area contributed by atoms with Crippen LogP contribution in [0.25, 0.3) is 0 Å². The fourth-order valence-corrected chi connectivity index (χ4v) is 7.84. The molecular formula is C31H52N2O3S. The van der Waals surface area contributed by atoms with E-state index in [1.54, 1.807) is 4.31 Å². The van der Waals surface area contributed by atoms with E-state index in [1.165, 1.54) is 6.42 Å². The highest BCUT2D eigenvalue weighted by Gasteiger charge is 2.45. The van der Waals surface area contributed by atoms with E-state index in [9.17, 15) is 8.42 Å². The number of hydroxylamine groups is 2. The summed E-state index contributed by atoms with van der Waals surface area (Å²) in [5.41, 5.74) is 1.60. The average molecular weight is 533 g/mol. The summed E-state index contributed by atoms with van der Waals surface area (Å²) in [6.45, 7) is 26.5. The fraction of sp³-hybridized carbons (Fsp3) is 0.742. The molecule has 2 aliphatic heterocycles. The lowest BCUT2D eigenvalue weighted by atomic mass is 9.81. The zero-order valence-electron chi connectivity index (χ0n) is 25.1. The van der Waals surface area contributed by atoms with Gasteiger partial charge in [0.2, 0.25) is 10.0 Å². The molecule has 0 saturated carbocycles. The normalized spacial score (nSPS) is 25.4. The van der Waals surface area contributed by atoms with E-state index in [4.69, 9.17) is 4.84 Å². The second kappa shape index (κ2) is 10.4. The predicted octanol–water partition coefficient (Wildman–Crippen LogP) is 7.21. The zero-order valence-corrected chi connectivity index (χ0v) is 26.0. The molecule has 0 radical (unpaired) electrons. The molecule has 0 unspecified atom stereocenters. The fourth-order valence-electron chi connectivity index (χ4n) is 6.07. The van der Waals surface area contributed by atoms with Crippen LogP contribution in [0.2, 0.25) is 0 Å². The maximum absolute atomic E-state index is 14.3. The van der Waals surface area contributed by atoms with Crippen molar-refractivity contribution < 1.29 is 13.3 Å². The predicted molar refractivity (Wildman–Crippen MR) is 154 cm³/mol. The Morgan fingerprint density at radius 3 is 1.95 bits per heavy atom. The summed E-state index contributed by atoms with van der Waals surface area (Å²) in [5.74, 6) is 0.246. The van der Waals surface area contributed by atoms with Crippen molar-refractivity contribution in [3.63, 3.8) is 0 Å². The van der Waals surface area contributed by atoms with Gasteiger partial charge in [0, 0.05) is 17.6 Å². The third-order valence-electron chi connectivity index (χ3n) is 8.27. The summed E-state index contributed by atoms with van der Waals surface area (Å²) in [6, 6.07) is 5.74. The summed E-state index contributed by atoms with van der Waals surface area (Å²) in [5, 5.41) is 2.15. The SMILES string of the molecule is C=CC[C@@H]1C[C@@H](CON2C(C)(C)CCCC2(C)C)N(S(=O)(=O)c2cc(C(C)(C)C)cc(C(C)(C)C)c2)C1. The molecule has 6 heteroatoms. The first-order valence-corrected chi connectivity index (χ1v) is 15.4. The molecular weight excluding hydrogens is 480 g/mol. The number of hydrogen-bond acceptors (Lipinski definition) is 4. The van der Waals surface area contributed by atoms with Gasteiger partial charge in [0.15, 0.2) is 0 Å². The van der Waals surface area contributed by atoms with Crippen molar-refractivity contribution in [1.29, 1.82) is 0 Å². The Balaban J connectivity index is 1.98. The molecule has 210 valence electrons. The highest BCUT2D eigenvalue weighted by Crippen LogP contribution is 2.40. The van der Waals surface area contributed by atoms with E-state index in [-0.39, 0.29) is 33.9 Å². The molecule has 3 rings (SSSR count). The molecule has 0 aromatic heterocycles. The van der Waals surface area contributed by atoms with Crippen LogP contribution < -0.4 is 0 Å². The Bertz CT molecular complexity index is 1030. The molecule has 0 aliphatic carbocycles. The van der Waals surface area contributed by atoms with Crippen molar-refractivity contribution in [3.8, 4) is 0 Å². The largest absolute Gasteiger partial charge is 0.296 e. The van der Waals surface area contributed by atoms with Gasteiger partial charge in [-0.1, -0.05) is 53.7 Å². The van der Waals surface area contributed by atoms with Crippen LogP contribution in [0.1, 0.15) is 112 Å². The molecule has 5 nitrogen and oxygen atoms in total. The average Bonchev–Trinajstić information content (AvgIpc) is 3.14. The van der Waals surface area contributed by atoms with Crippen LogP contribution in [0.5, 0.6) is 0 Å². The number of nitrogens with zero attached hydrogens (tertiary/aromatic N) is 2. The first-order chi connectivity index (χ1) is 16.8. The first-order valence-electron chi connectivity index (χ1n) is 14.0. The van der Waals surface area contributed by atoms with Crippen LogP contribution in [-0.2, 0) is 25.7 Å². The minimum atomic E-state index is -3.71. The second-order valence-electron chi connectivity index (χ2n) is 14.7. The van der Waals surface area contributed by atoms with E-state index in [0.717, 1.165) is 36.8 Å². The summed E-state index contributed by atoms with van der Waals surface area (Å²) >= 11 is 0. The highest BCUT2D eigenvalue weighted by atomic mass is 32.2. The molecule has 2 atom stereocenters. The van der Waals surface area contributed by atoms with Crippen LogP contribution in [0.4, 0.5) is 0 Å². The summed E-state index contributed by atoms with van der Waals surface area (Å²) in [6.07, 6.45) is 6.80. The Labute approximate surface area is 227 Å². The Morgan fingerprint density at radius 2 is 1.49 bits per heavy atom. The lowest BCUT2D eigenvalue weighted by Gasteiger charge is -2.51. The van der Waals surface area contributed by atoms with Gasteiger partial charge in [-0.05, 0) is 99.8 Å². The standard InChI is InChI=1S/C31H52N2O3S/c1-12-14-23-17-26(22-36-33-30(8,9)15-13-16-31(33,10)11)32(21-23)37(34,35)27-19-24(28(2,3)4)18-25(20-27)29(5,6)7/h12,18-20,23,26H,1,13-17,21-22H2,2-11H3/t23-,26+/m1/s1. The molecule has 1 aromatic rings. The quantitative estimate of drug-likeness (QED) is 0.348. The lowest BCUT2D eigenvalue weighted by Crippen LogP contribution is -2.59. The van der Waals surface area contributed by atoms with Gasteiger partial charge in [0.05, 0.1) is 17.5 Å². The zero-order chi connectivity index (χ0) is 28.0. The van der Waals surface area contributed by atoms with Crippen molar-refractivity contribution >= 4 is 10.0 Å². The van der Waals surface area contributed by atoms with Crippen LogP contribution in [0.15, 0.2) is 35.7 Å². The highest BCUT2D eigenvalue weighted by molar-refractivity contribution is 7.89. The van der Waals surface area contributed by atoms with Crippen LogP contribution in [0, 0.1) is 5.92 Å². The van der Waals surface area contributed by atoms with Gasteiger partial charge in [-0.2, -0.15) is 9.37 Å². The Morgan fingerprint density at radius 1 is 0.973 bits per heavy atom. The smallest absolute Gasteiger partial charge is 0.243 e. The monoisotopic (exact) mass is 532 g/mol. The van der Waals surface area contributed by atoms with E-state index in [0.29, 0.717) is 18.0 Å². The summed E-state index contributed by atoms with van der Waals surface area (Å²) in [7, 11) is -3.71. The molecule has 0 bridgehead atoms. The van der Waals surface area contributed by atoms with Crippen molar-refractivity contribution in [3.05, 3.63) is 42.0 Å². The van der Waals surface area contributed by atoms with Crippen molar-refractivity contribution in [1.82, 2.24) is 9.37 Å². The van der Waals surface area contributed by atoms with Gasteiger partial charge >= 0.3 is 0 Å². The number of allylic oxidation sites excluding steroid dienone is 1. The van der Waals surface area contributed by atoms with Crippen LogP contribution >= 0.6 is 0 Å². The van der Waals surface area contributed by atoms with Gasteiger partial charge < -0.3 is 0 Å². The molecule has 2 saturated heterocycles. The number of rotatable bonds is 7. The Kier molecular flexibility index (Phi) is 8.53. The van der Waals surface area contributed by atoms with E-state index in [1.807, 2.05) is 18.2 Å². The molecule has 2 heterocycles. The van der Waals surface area contributed by atoms with Crippen molar-refractivity contribution in [2.45, 2.75) is 134 Å². The molecule has 0 spiro atoms.